The number of anilines is 1. The van der Waals surface area contributed by atoms with E-state index in [1.54, 1.807) is 0 Å². The molecule has 0 radical (unpaired) electrons. The minimum absolute atomic E-state index is 0.550. The fourth-order valence-corrected chi connectivity index (χ4v) is 2.07. The van der Waals surface area contributed by atoms with E-state index in [-0.39, 0.29) is 0 Å². The van der Waals surface area contributed by atoms with Gasteiger partial charge in [0.25, 0.3) is 0 Å². The average molecular weight is 274 g/mol. The quantitative estimate of drug-likeness (QED) is 0.932. The van der Waals surface area contributed by atoms with E-state index in [1.165, 1.54) is 0 Å². The summed E-state index contributed by atoms with van der Waals surface area (Å²) in [6, 6.07) is 5.84. The maximum atomic E-state index is 5.66. The molecule has 0 atom stereocenters. The number of ether oxygens (including phenoxy) is 2. The van der Waals surface area contributed by atoms with Crippen LogP contribution in [0.25, 0.3) is 0 Å². The number of fused-ring (bicyclic) bond motifs is 1. The van der Waals surface area contributed by atoms with Gasteiger partial charge in [0.05, 0.1) is 25.5 Å². The molecular weight excluding hydrogens is 256 g/mol. The van der Waals surface area contributed by atoms with Crippen LogP contribution in [0.4, 0.5) is 5.69 Å². The lowest BCUT2D eigenvalue weighted by atomic mass is 10.2. The minimum atomic E-state index is 0.550. The van der Waals surface area contributed by atoms with Crippen LogP contribution in [0.1, 0.15) is 23.8 Å². The molecule has 2 aromatic rings. The normalized spacial score (nSPS) is 13.9. The number of hydrogen-bond donors (Lipinski definition) is 1. The summed E-state index contributed by atoms with van der Waals surface area (Å²) >= 11 is 0. The highest BCUT2D eigenvalue weighted by Crippen LogP contribution is 2.32. The smallest absolute Gasteiger partial charge is 0.213 e. The molecule has 3 rings (SSSR count). The highest BCUT2D eigenvalue weighted by Gasteiger charge is 2.11. The van der Waals surface area contributed by atoms with E-state index in [9.17, 15) is 0 Å². The molecule has 5 nitrogen and oxygen atoms in total. The fourth-order valence-electron chi connectivity index (χ4n) is 2.07. The summed E-state index contributed by atoms with van der Waals surface area (Å²) in [5.41, 5.74) is 1.89. The molecule has 1 aliphatic rings. The number of nitrogens with one attached hydrogen (secondary N) is 1. The van der Waals surface area contributed by atoms with E-state index in [4.69, 9.17) is 13.9 Å². The molecule has 1 aromatic heterocycles. The van der Waals surface area contributed by atoms with Crippen LogP contribution >= 0.6 is 0 Å². The lowest BCUT2D eigenvalue weighted by molar-refractivity contribution is 0.297. The van der Waals surface area contributed by atoms with E-state index in [2.05, 4.69) is 10.3 Å². The summed E-state index contributed by atoms with van der Waals surface area (Å²) in [5, 5.41) is 3.28. The zero-order chi connectivity index (χ0) is 13.9. The van der Waals surface area contributed by atoms with Gasteiger partial charge in [0, 0.05) is 18.2 Å². The number of benzene rings is 1. The molecule has 106 valence electrons. The van der Waals surface area contributed by atoms with Crippen molar-refractivity contribution in [2.45, 2.75) is 26.8 Å². The van der Waals surface area contributed by atoms with Crippen molar-refractivity contribution < 1.29 is 13.9 Å². The molecule has 0 unspecified atom stereocenters. The average Bonchev–Trinajstić information content (AvgIpc) is 2.66. The van der Waals surface area contributed by atoms with Gasteiger partial charge in [0.2, 0.25) is 5.89 Å². The Labute approximate surface area is 117 Å². The Morgan fingerprint density at radius 3 is 2.70 bits per heavy atom. The number of oxazole rings is 1. The van der Waals surface area contributed by atoms with E-state index in [0.717, 1.165) is 35.1 Å². The number of aryl methyl sites for hydroxylation is 2. The molecule has 5 heteroatoms. The number of rotatable bonds is 3. The topological polar surface area (TPSA) is 56.5 Å². The van der Waals surface area contributed by atoms with E-state index < -0.39 is 0 Å². The molecule has 1 aromatic carbocycles. The van der Waals surface area contributed by atoms with Gasteiger partial charge >= 0.3 is 0 Å². The zero-order valence-corrected chi connectivity index (χ0v) is 11.7. The molecule has 0 aliphatic carbocycles. The van der Waals surface area contributed by atoms with Gasteiger partial charge < -0.3 is 19.2 Å². The molecule has 0 saturated carbocycles. The van der Waals surface area contributed by atoms with Crippen molar-refractivity contribution >= 4 is 5.69 Å². The van der Waals surface area contributed by atoms with Crippen molar-refractivity contribution in [1.82, 2.24) is 4.98 Å². The van der Waals surface area contributed by atoms with Crippen molar-refractivity contribution in [2.75, 3.05) is 18.5 Å². The van der Waals surface area contributed by atoms with Crippen LogP contribution in [0.15, 0.2) is 22.6 Å². The summed E-state index contributed by atoms with van der Waals surface area (Å²) in [7, 11) is 0. The predicted molar refractivity (Wildman–Crippen MR) is 75.4 cm³/mol. The minimum Gasteiger partial charge on any atom is -0.490 e. The molecule has 1 N–H and O–H groups in total. The van der Waals surface area contributed by atoms with Gasteiger partial charge in [0.15, 0.2) is 11.5 Å². The molecule has 1 aliphatic heterocycles. The van der Waals surface area contributed by atoms with E-state index >= 15 is 0 Å². The monoisotopic (exact) mass is 274 g/mol. The number of hydrogen-bond acceptors (Lipinski definition) is 5. The Hall–Kier alpha value is -2.17. The van der Waals surface area contributed by atoms with Gasteiger partial charge in [-0.1, -0.05) is 0 Å². The standard InChI is InChI=1S/C15H18N2O3/c1-10-11(2)20-15(17-10)9-16-12-4-5-13-14(8-12)19-7-3-6-18-13/h4-5,8,16H,3,6-7,9H2,1-2H3. The van der Waals surface area contributed by atoms with Gasteiger partial charge in [-0.05, 0) is 26.0 Å². The maximum Gasteiger partial charge on any atom is 0.213 e. The molecule has 0 spiro atoms. The Kier molecular flexibility index (Phi) is 3.50. The fraction of sp³-hybridized carbons (Fsp3) is 0.400. The molecule has 0 amide bonds. The first-order valence-corrected chi connectivity index (χ1v) is 6.79. The van der Waals surface area contributed by atoms with Gasteiger partial charge in [-0.3, -0.25) is 0 Å². The molecule has 2 heterocycles. The second kappa shape index (κ2) is 5.45. The molecule has 0 bridgehead atoms. The SMILES string of the molecule is Cc1nc(CNc2ccc3c(c2)OCCCO3)oc1C. The Balaban J connectivity index is 1.70. The molecule has 0 fully saturated rings. The number of nitrogens with zero attached hydrogens (tertiary/aromatic N) is 1. The second-order valence-electron chi connectivity index (χ2n) is 4.81. The largest absolute Gasteiger partial charge is 0.490 e. The lowest BCUT2D eigenvalue weighted by Crippen LogP contribution is -2.00. The Morgan fingerprint density at radius 1 is 1.15 bits per heavy atom. The third kappa shape index (κ3) is 2.71. The van der Waals surface area contributed by atoms with Gasteiger partial charge in [-0.25, -0.2) is 4.98 Å². The first-order chi connectivity index (χ1) is 9.72. The maximum absolute atomic E-state index is 5.66. The third-order valence-electron chi connectivity index (χ3n) is 3.26. The van der Waals surface area contributed by atoms with Gasteiger partial charge in [-0.2, -0.15) is 0 Å². The van der Waals surface area contributed by atoms with Crippen LogP contribution in [0.5, 0.6) is 11.5 Å². The first-order valence-electron chi connectivity index (χ1n) is 6.79. The zero-order valence-electron chi connectivity index (χ0n) is 11.7. The summed E-state index contributed by atoms with van der Waals surface area (Å²) in [6.45, 7) is 5.80. The van der Waals surface area contributed by atoms with Crippen LogP contribution in [-0.2, 0) is 6.54 Å². The number of aromatic nitrogens is 1. The first kappa shape index (κ1) is 12.8. The van der Waals surface area contributed by atoms with Crippen LogP contribution in [0.2, 0.25) is 0 Å². The van der Waals surface area contributed by atoms with Crippen LogP contribution in [-0.4, -0.2) is 18.2 Å². The van der Waals surface area contributed by atoms with Crippen molar-refractivity contribution in [2.24, 2.45) is 0 Å². The van der Waals surface area contributed by atoms with Gasteiger partial charge in [0.1, 0.15) is 5.76 Å². The highest BCUT2D eigenvalue weighted by molar-refractivity contribution is 5.54. The molecular formula is C15H18N2O3. The summed E-state index contributed by atoms with van der Waals surface area (Å²) in [6.07, 6.45) is 0.909. The lowest BCUT2D eigenvalue weighted by Gasteiger charge is -2.10. The van der Waals surface area contributed by atoms with Crippen molar-refractivity contribution in [3.05, 3.63) is 35.5 Å². The predicted octanol–water partition coefficient (Wildman–Crippen LogP) is 3.06. The summed E-state index contributed by atoms with van der Waals surface area (Å²) < 4.78 is 16.8. The van der Waals surface area contributed by atoms with Crippen molar-refractivity contribution in [3.8, 4) is 11.5 Å². The highest BCUT2D eigenvalue weighted by atomic mass is 16.5. The second-order valence-corrected chi connectivity index (χ2v) is 4.81. The van der Waals surface area contributed by atoms with Crippen molar-refractivity contribution in [1.29, 1.82) is 0 Å². The molecule has 20 heavy (non-hydrogen) atoms. The third-order valence-corrected chi connectivity index (χ3v) is 3.26. The summed E-state index contributed by atoms with van der Waals surface area (Å²) in [4.78, 5) is 4.34. The van der Waals surface area contributed by atoms with E-state index in [0.29, 0.717) is 25.6 Å². The summed E-state index contributed by atoms with van der Waals surface area (Å²) in [5.74, 6) is 3.13. The van der Waals surface area contributed by atoms with E-state index in [1.807, 2.05) is 32.0 Å². The van der Waals surface area contributed by atoms with Crippen LogP contribution in [0.3, 0.4) is 0 Å². The molecule has 0 saturated heterocycles. The Morgan fingerprint density at radius 2 is 1.95 bits per heavy atom. The van der Waals surface area contributed by atoms with Crippen LogP contribution < -0.4 is 14.8 Å². The van der Waals surface area contributed by atoms with Gasteiger partial charge in [-0.15, -0.1) is 0 Å². The van der Waals surface area contributed by atoms with Crippen molar-refractivity contribution in [3.63, 3.8) is 0 Å². The van der Waals surface area contributed by atoms with Crippen LogP contribution in [0, 0.1) is 13.8 Å². The Bertz CT molecular complexity index is 588.